The van der Waals surface area contributed by atoms with Crippen LogP contribution < -0.4 is 9.46 Å². The minimum absolute atomic E-state index is 0.0890. The first-order chi connectivity index (χ1) is 11.4. The lowest BCUT2D eigenvalue weighted by atomic mass is 10.1. The van der Waals surface area contributed by atoms with Gasteiger partial charge in [-0.2, -0.15) is 9.71 Å². The van der Waals surface area contributed by atoms with Crippen LogP contribution in [0.25, 0.3) is 0 Å². The number of hydrogen-bond acceptors (Lipinski definition) is 7. The van der Waals surface area contributed by atoms with Crippen molar-refractivity contribution in [2.75, 3.05) is 14.2 Å². The number of rotatable bonds is 8. The Kier molecular flexibility index (Phi) is 5.92. The molecule has 0 saturated heterocycles. The van der Waals surface area contributed by atoms with E-state index >= 15 is 0 Å². The van der Waals surface area contributed by atoms with Crippen LogP contribution in [-0.4, -0.2) is 32.8 Å². The summed E-state index contributed by atoms with van der Waals surface area (Å²) in [6.07, 6.45) is 0. The highest BCUT2D eigenvalue weighted by atomic mass is 32.2. The van der Waals surface area contributed by atoms with Gasteiger partial charge in [-0.3, -0.25) is 0 Å². The number of nitrogens with one attached hydrogen (secondary N) is 1. The van der Waals surface area contributed by atoms with E-state index in [0.29, 0.717) is 11.6 Å². The van der Waals surface area contributed by atoms with Crippen molar-refractivity contribution in [2.45, 2.75) is 31.4 Å². The topological polar surface area (TPSA) is 104 Å². The van der Waals surface area contributed by atoms with Gasteiger partial charge in [0.25, 0.3) is 0 Å². The van der Waals surface area contributed by atoms with E-state index in [1.54, 1.807) is 12.1 Å². The van der Waals surface area contributed by atoms with Crippen LogP contribution in [-0.2, 0) is 21.4 Å². The Morgan fingerprint density at radius 3 is 2.42 bits per heavy atom. The van der Waals surface area contributed by atoms with E-state index in [9.17, 15) is 8.42 Å². The smallest absolute Gasteiger partial charge is 0.245 e. The van der Waals surface area contributed by atoms with Crippen LogP contribution in [0, 0.1) is 5.92 Å². The van der Waals surface area contributed by atoms with Crippen molar-refractivity contribution in [3.63, 3.8) is 0 Å². The van der Waals surface area contributed by atoms with Gasteiger partial charge in [0.15, 0.2) is 5.82 Å². The molecular weight excluding hydrogens is 334 g/mol. The first-order valence-corrected chi connectivity index (χ1v) is 8.83. The average molecular weight is 355 g/mol. The molecule has 0 radical (unpaired) electrons. The summed E-state index contributed by atoms with van der Waals surface area (Å²) in [6, 6.07) is 5.48. The number of aromatic nitrogens is 2. The number of sulfonamides is 1. The van der Waals surface area contributed by atoms with E-state index < -0.39 is 16.1 Å². The Morgan fingerprint density at radius 1 is 1.21 bits per heavy atom. The summed E-state index contributed by atoms with van der Waals surface area (Å²) in [5.74, 6) is 1.06. The summed E-state index contributed by atoms with van der Waals surface area (Å²) in [5, 5.41) is 3.77. The zero-order chi connectivity index (χ0) is 17.7. The Hall–Kier alpha value is -1.97. The van der Waals surface area contributed by atoms with E-state index in [1.807, 2.05) is 13.8 Å². The monoisotopic (exact) mass is 355 g/mol. The molecule has 8 nitrogen and oxygen atoms in total. The molecule has 0 fully saturated rings. The van der Waals surface area contributed by atoms with E-state index in [-0.39, 0.29) is 23.3 Å². The number of nitrogens with zero attached hydrogens (tertiary/aromatic N) is 2. The molecule has 0 aliphatic carbocycles. The van der Waals surface area contributed by atoms with Crippen molar-refractivity contribution >= 4 is 10.0 Å². The highest BCUT2D eigenvalue weighted by molar-refractivity contribution is 7.89. The fraction of sp³-hybridized carbons (Fsp3) is 0.467. The Balaban J connectivity index is 2.24. The minimum atomic E-state index is -3.75. The van der Waals surface area contributed by atoms with Gasteiger partial charge in [0, 0.05) is 7.11 Å². The summed E-state index contributed by atoms with van der Waals surface area (Å²) >= 11 is 0. The van der Waals surface area contributed by atoms with Crippen molar-refractivity contribution in [2.24, 2.45) is 5.92 Å². The fourth-order valence-electron chi connectivity index (χ4n) is 2.04. The van der Waals surface area contributed by atoms with Gasteiger partial charge in [-0.15, -0.1) is 0 Å². The molecule has 0 aliphatic heterocycles. The number of ether oxygens (including phenoxy) is 2. The Bertz CT molecular complexity index is 756. The minimum Gasteiger partial charge on any atom is -0.497 e. The number of methoxy groups -OCH3 is 2. The molecule has 9 heteroatoms. The molecule has 1 heterocycles. The van der Waals surface area contributed by atoms with Crippen LogP contribution in [0.4, 0.5) is 0 Å². The molecule has 1 atom stereocenters. The molecule has 1 N–H and O–H groups in total. The van der Waals surface area contributed by atoms with Crippen LogP contribution in [0.3, 0.4) is 0 Å². The van der Waals surface area contributed by atoms with Gasteiger partial charge in [0.2, 0.25) is 15.9 Å². The standard InChI is InChI=1S/C15H21N3O5S/c1-10(2)14(15-16-13(9-21-3)17-23-15)18-24(19,20)12-7-5-11(22-4)6-8-12/h5-8,10,14,18H,9H2,1-4H3. The molecule has 2 rings (SSSR count). The first-order valence-electron chi connectivity index (χ1n) is 7.35. The molecule has 0 aliphatic rings. The van der Waals surface area contributed by atoms with Gasteiger partial charge in [0.1, 0.15) is 18.4 Å². The molecule has 132 valence electrons. The largest absolute Gasteiger partial charge is 0.497 e. The van der Waals surface area contributed by atoms with E-state index in [0.717, 1.165) is 0 Å². The molecule has 24 heavy (non-hydrogen) atoms. The van der Waals surface area contributed by atoms with Gasteiger partial charge in [-0.05, 0) is 30.2 Å². The van der Waals surface area contributed by atoms with Crippen molar-refractivity contribution in [3.8, 4) is 5.75 Å². The third kappa shape index (κ3) is 4.31. The summed E-state index contributed by atoms with van der Waals surface area (Å²) < 4.78 is 42.9. The van der Waals surface area contributed by atoms with Crippen LogP contribution in [0.1, 0.15) is 31.6 Å². The van der Waals surface area contributed by atoms with Crippen molar-refractivity contribution in [1.82, 2.24) is 14.9 Å². The lowest BCUT2D eigenvalue weighted by Crippen LogP contribution is -2.32. The quantitative estimate of drug-likeness (QED) is 0.771. The maximum Gasteiger partial charge on any atom is 0.245 e. The van der Waals surface area contributed by atoms with Crippen molar-refractivity contribution < 1.29 is 22.4 Å². The second kappa shape index (κ2) is 7.73. The van der Waals surface area contributed by atoms with Crippen molar-refractivity contribution in [3.05, 3.63) is 36.0 Å². The predicted octanol–water partition coefficient (Wildman–Crippen LogP) is 1.90. The lowest BCUT2D eigenvalue weighted by Gasteiger charge is -2.18. The molecule has 0 bridgehead atoms. The summed E-state index contributed by atoms with van der Waals surface area (Å²) in [6.45, 7) is 3.92. The maximum atomic E-state index is 12.6. The normalized spacial score (nSPS) is 13.2. The number of benzene rings is 1. The van der Waals surface area contributed by atoms with E-state index in [2.05, 4.69) is 14.9 Å². The maximum absolute atomic E-state index is 12.6. The number of hydrogen-bond donors (Lipinski definition) is 1. The fourth-order valence-corrected chi connectivity index (χ4v) is 3.38. The molecule has 0 spiro atoms. The SMILES string of the molecule is COCc1noc(C(NS(=O)(=O)c2ccc(OC)cc2)C(C)C)n1. The van der Waals surface area contributed by atoms with Gasteiger partial charge in [0.05, 0.1) is 12.0 Å². The molecular formula is C15H21N3O5S. The lowest BCUT2D eigenvalue weighted by molar-refractivity contribution is 0.174. The second-order valence-corrected chi connectivity index (χ2v) is 7.21. The molecule has 1 aromatic heterocycles. The third-order valence-electron chi connectivity index (χ3n) is 3.34. The molecule has 1 unspecified atom stereocenters. The van der Waals surface area contributed by atoms with Crippen LogP contribution in [0.2, 0.25) is 0 Å². The van der Waals surface area contributed by atoms with Crippen LogP contribution >= 0.6 is 0 Å². The highest BCUT2D eigenvalue weighted by Crippen LogP contribution is 2.24. The second-order valence-electron chi connectivity index (χ2n) is 5.50. The summed E-state index contributed by atoms with van der Waals surface area (Å²) in [4.78, 5) is 4.31. The van der Waals surface area contributed by atoms with Gasteiger partial charge >= 0.3 is 0 Å². The molecule has 2 aromatic rings. The molecule has 1 aromatic carbocycles. The Morgan fingerprint density at radius 2 is 1.88 bits per heavy atom. The van der Waals surface area contributed by atoms with Crippen LogP contribution in [0.5, 0.6) is 5.75 Å². The zero-order valence-electron chi connectivity index (χ0n) is 14.0. The van der Waals surface area contributed by atoms with Crippen molar-refractivity contribution in [1.29, 1.82) is 0 Å². The third-order valence-corrected chi connectivity index (χ3v) is 4.80. The van der Waals surface area contributed by atoms with E-state index in [4.69, 9.17) is 14.0 Å². The Labute approximate surface area is 141 Å². The predicted molar refractivity (Wildman–Crippen MR) is 85.9 cm³/mol. The van der Waals surface area contributed by atoms with Gasteiger partial charge < -0.3 is 14.0 Å². The van der Waals surface area contributed by atoms with Crippen LogP contribution in [0.15, 0.2) is 33.7 Å². The highest BCUT2D eigenvalue weighted by Gasteiger charge is 2.28. The zero-order valence-corrected chi connectivity index (χ0v) is 14.8. The first kappa shape index (κ1) is 18.4. The average Bonchev–Trinajstić information content (AvgIpc) is 3.01. The van der Waals surface area contributed by atoms with Gasteiger partial charge in [-0.25, -0.2) is 8.42 Å². The van der Waals surface area contributed by atoms with E-state index in [1.165, 1.54) is 26.4 Å². The molecule has 0 amide bonds. The molecule has 0 saturated carbocycles. The summed E-state index contributed by atoms with van der Waals surface area (Å²) in [7, 11) is -0.711. The summed E-state index contributed by atoms with van der Waals surface area (Å²) in [5.41, 5.74) is 0. The van der Waals surface area contributed by atoms with Gasteiger partial charge in [-0.1, -0.05) is 19.0 Å².